The largest absolute Gasteiger partial charge is 0.435 e. The van der Waals surface area contributed by atoms with Crippen molar-refractivity contribution in [3.8, 4) is 5.75 Å². The first-order chi connectivity index (χ1) is 11.6. The molecule has 0 saturated heterocycles. The van der Waals surface area contributed by atoms with E-state index in [0.717, 1.165) is 24.1 Å². The number of para-hydroxylation sites is 1. The lowest BCUT2D eigenvalue weighted by Crippen LogP contribution is -2.33. The molecule has 24 heavy (non-hydrogen) atoms. The van der Waals surface area contributed by atoms with E-state index in [1.807, 2.05) is 30.3 Å². The number of carbonyl (C=O) groups is 1. The third-order valence-corrected chi connectivity index (χ3v) is 3.61. The number of anilines is 1. The Bertz CT molecular complexity index is 630. The molecule has 2 aromatic carbocycles. The van der Waals surface area contributed by atoms with Crippen molar-refractivity contribution in [3.05, 3.63) is 60.2 Å². The van der Waals surface area contributed by atoms with Crippen molar-refractivity contribution in [3.63, 3.8) is 0 Å². The number of nitrogens with zero attached hydrogens (tertiary/aromatic N) is 1. The highest BCUT2D eigenvalue weighted by Crippen LogP contribution is 2.18. The van der Waals surface area contributed by atoms with Gasteiger partial charge < -0.3 is 9.64 Å². The van der Waals surface area contributed by atoms with Crippen LogP contribution in [0.5, 0.6) is 5.75 Å². The SMILES string of the molecule is CCCCN(C(=O)Cc1ccc(OC(F)F)cc1)c1ccccc1. The Morgan fingerprint density at radius 3 is 2.33 bits per heavy atom. The van der Waals surface area contributed by atoms with Gasteiger partial charge in [-0.2, -0.15) is 8.78 Å². The number of halogens is 2. The van der Waals surface area contributed by atoms with Crippen LogP contribution in [0.1, 0.15) is 25.3 Å². The van der Waals surface area contributed by atoms with E-state index in [1.165, 1.54) is 12.1 Å². The molecule has 2 rings (SSSR count). The van der Waals surface area contributed by atoms with E-state index in [1.54, 1.807) is 17.0 Å². The van der Waals surface area contributed by atoms with E-state index in [-0.39, 0.29) is 18.1 Å². The molecule has 0 heterocycles. The zero-order valence-corrected chi connectivity index (χ0v) is 13.6. The van der Waals surface area contributed by atoms with E-state index < -0.39 is 6.61 Å². The normalized spacial score (nSPS) is 10.7. The maximum absolute atomic E-state index is 12.7. The number of hydrogen-bond acceptors (Lipinski definition) is 2. The average Bonchev–Trinajstić information content (AvgIpc) is 2.57. The van der Waals surface area contributed by atoms with Crippen molar-refractivity contribution in [1.29, 1.82) is 0 Å². The highest BCUT2D eigenvalue weighted by molar-refractivity contribution is 5.94. The molecule has 5 heteroatoms. The third kappa shape index (κ3) is 5.33. The quantitative estimate of drug-likeness (QED) is 0.703. The van der Waals surface area contributed by atoms with Gasteiger partial charge in [-0.1, -0.05) is 43.7 Å². The van der Waals surface area contributed by atoms with Crippen LogP contribution in [0.4, 0.5) is 14.5 Å². The molecule has 0 aromatic heterocycles. The van der Waals surface area contributed by atoms with Crippen LogP contribution in [0.2, 0.25) is 0 Å². The van der Waals surface area contributed by atoms with Crippen molar-refractivity contribution < 1.29 is 18.3 Å². The molecule has 0 aliphatic carbocycles. The molecule has 0 atom stereocenters. The van der Waals surface area contributed by atoms with Gasteiger partial charge in [0.25, 0.3) is 0 Å². The third-order valence-electron chi connectivity index (χ3n) is 3.61. The molecule has 2 aromatic rings. The number of rotatable bonds is 8. The second kappa shape index (κ2) is 9.01. The summed E-state index contributed by atoms with van der Waals surface area (Å²) in [4.78, 5) is 14.4. The maximum Gasteiger partial charge on any atom is 0.387 e. The zero-order valence-electron chi connectivity index (χ0n) is 13.6. The lowest BCUT2D eigenvalue weighted by molar-refractivity contribution is -0.118. The van der Waals surface area contributed by atoms with E-state index in [9.17, 15) is 13.6 Å². The van der Waals surface area contributed by atoms with Gasteiger partial charge in [-0.25, -0.2) is 0 Å². The molecule has 0 fully saturated rings. The number of carbonyl (C=O) groups excluding carboxylic acids is 1. The summed E-state index contributed by atoms with van der Waals surface area (Å²) in [6.45, 7) is -0.110. The Kier molecular flexibility index (Phi) is 6.73. The summed E-state index contributed by atoms with van der Waals surface area (Å²) in [6, 6.07) is 15.7. The number of unbranched alkanes of at least 4 members (excludes halogenated alkanes) is 1. The molecule has 0 spiro atoms. The number of ether oxygens (including phenoxy) is 1. The van der Waals surface area contributed by atoms with E-state index in [0.29, 0.717) is 6.54 Å². The van der Waals surface area contributed by atoms with Crippen LogP contribution in [0, 0.1) is 0 Å². The standard InChI is InChI=1S/C19H21F2NO2/c1-2-3-13-22(16-7-5-4-6-8-16)18(23)14-15-9-11-17(12-10-15)24-19(20)21/h4-12,19H,2-3,13-14H2,1H3. The predicted molar refractivity (Wildman–Crippen MR) is 90.5 cm³/mol. The zero-order chi connectivity index (χ0) is 17.4. The maximum atomic E-state index is 12.7. The number of benzene rings is 2. The van der Waals surface area contributed by atoms with Crippen molar-refractivity contribution in [2.45, 2.75) is 32.8 Å². The van der Waals surface area contributed by atoms with Crippen molar-refractivity contribution in [2.75, 3.05) is 11.4 Å². The van der Waals surface area contributed by atoms with Gasteiger partial charge in [-0.05, 0) is 36.2 Å². The lowest BCUT2D eigenvalue weighted by Gasteiger charge is -2.23. The van der Waals surface area contributed by atoms with Crippen molar-refractivity contribution >= 4 is 11.6 Å². The Morgan fingerprint density at radius 1 is 1.08 bits per heavy atom. The molecule has 0 unspecified atom stereocenters. The number of amides is 1. The summed E-state index contributed by atoms with van der Waals surface area (Å²) < 4.78 is 28.6. The second-order valence-corrected chi connectivity index (χ2v) is 5.43. The second-order valence-electron chi connectivity index (χ2n) is 5.43. The van der Waals surface area contributed by atoms with Gasteiger partial charge in [0.05, 0.1) is 6.42 Å². The van der Waals surface area contributed by atoms with Crippen molar-refractivity contribution in [1.82, 2.24) is 0 Å². The molecule has 0 aliphatic heterocycles. The lowest BCUT2D eigenvalue weighted by atomic mass is 10.1. The topological polar surface area (TPSA) is 29.5 Å². The van der Waals surface area contributed by atoms with Gasteiger partial charge in [0, 0.05) is 12.2 Å². The number of alkyl halides is 2. The minimum Gasteiger partial charge on any atom is -0.435 e. The van der Waals surface area contributed by atoms with E-state index in [2.05, 4.69) is 11.7 Å². The number of hydrogen-bond donors (Lipinski definition) is 0. The summed E-state index contributed by atoms with van der Waals surface area (Å²) in [7, 11) is 0. The Balaban J connectivity index is 2.06. The summed E-state index contributed by atoms with van der Waals surface area (Å²) >= 11 is 0. The minimum absolute atomic E-state index is 0.0165. The first-order valence-electron chi connectivity index (χ1n) is 7.99. The van der Waals surface area contributed by atoms with Crippen LogP contribution < -0.4 is 9.64 Å². The van der Waals surface area contributed by atoms with Crippen LogP contribution in [0.3, 0.4) is 0 Å². The summed E-state index contributed by atoms with van der Waals surface area (Å²) in [6.07, 6.45) is 2.13. The van der Waals surface area contributed by atoms with E-state index in [4.69, 9.17) is 0 Å². The van der Waals surface area contributed by atoms with Crippen LogP contribution >= 0.6 is 0 Å². The smallest absolute Gasteiger partial charge is 0.387 e. The summed E-state index contributed by atoms with van der Waals surface area (Å²) in [5.74, 6) is 0.0734. The highest BCUT2D eigenvalue weighted by Gasteiger charge is 2.15. The van der Waals surface area contributed by atoms with Crippen LogP contribution in [-0.2, 0) is 11.2 Å². The molecule has 0 radical (unpaired) electrons. The molecule has 0 saturated carbocycles. The first-order valence-corrected chi connectivity index (χ1v) is 7.99. The minimum atomic E-state index is -2.85. The van der Waals surface area contributed by atoms with Crippen molar-refractivity contribution in [2.24, 2.45) is 0 Å². The summed E-state index contributed by atoms with van der Waals surface area (Å²) in [5, 5.41) is 0. The molecule has 0 bridgehead atoms. The van der Waals surface area contributed by atoms with Crippen LogP contribution in [0.25, 0.3) is 0 Å². The Labute approximate surface area is 140 Å². The molecule has 3 nitrogen and oxygen atoms in total. The van der Waals surface area contributed by atoms with Crippen LogP contribution in [0.15, 0.2) is 54.6 Å². The van der Waals surface area contributed by atoms with Gasteiger partial charge in [0.1, 0.15) is 5.75 Å². The fourth-order valence-corrected chi connectivity index (χ4v) is 2.38. The van der Waals surface area contributed by atoms with Gasteiger partial charge in [-0.15, -0.1) is 0 Å². The van der Waals surface area contributed by atoms with E-state index >= 15 is 0 Å². The first kappa shape index (κ1) is 17.9. The van der Waals surface area contributed by atoms with Gasteiger partial charge in [0.15, 0.2) is 0 Å². The predicted octanol–water partition coefficient (Wildman–Crippen LogP) is 4.66. The molecule has 0 aliphatic rings. The monoisotopic (exact) mass is 333 g/mol. The Morgan fingerprint density at radius 2 is 1.75 bits per heavy atom. The van der Waals surface area contributed by atoms with Gasteiger partial charge in [-0.3, -0.25) is 4.79 Å². The van der Waals surface area contributed by atoms with Crippen LogP contribution in [-0.4, -0.2) is 19.1 Å². The summed E-state index contributed by atoms with van der Waals surface area (Å²) in [5.41, 5.74) is 1.63. The van der Waals surface area contributed by atoms with Gasteiger partial charge in [0.2, 0.25) is 5.91 Å². The fraction of sp³-hybridized carbons (Fsp3) is 0.316. The average molecular weight is 333 g/mol. The molecule has 128 valence electrons. The fourth-order valence-electron chi connectivity index (χ4n) is 2.38. The Hall–Kier alpha value is -2.43. The van der Waals surface area contributed by atoms with Gasteiger partial charge >= 0.3 is 6.61 Å². The highest BCUT2D eigenvalue weighted by atomic mass is 19.3. The molecule has 0 N–H and O–H groups in total. The molecular formula is C19H21F2NO2. The molecular weight excluding hydrogens is 312 g/mol. The molecule has 1 amide bonds.